The van der Waals surface area contributed by atoms with Crippen molar-refractivity contribution in [1.29, 1.82) is 0 Å². The Hall–Kier alpha value is -1.69. The minimum atomic E-state index is -0.547. The molecule has 0 saturated carbocycles. The van der Waals surface area contributed by atoms with Gasteiger partial charge in [0.25, 0.3) is 5.91 Å². The van der Waals surface area contributed by atoms with Crippen LogP contribution in [-0.2, 0) is 0 Å². The van der Waals surface area contributed by atoms with Crippen LogP contribution in [0.25, 0.3) is 0 Å². The molecule has 16 heavy (non-hydrogen) atoms. The molecule has 6 heteroatoms. The summed E-state index contributed by atoms with van der Waals surface area (Å²) in [6.45, 7) is 0. The lowest BCUT2D eigenvalue weighted by atomic mass is 10.3. The fourth-order valence-electron chi connectivity index (χ4n) is 1.12. The molecule has 0 fully saturated rings. The van der Waals surface area contributed by atoms with Gasteiger partial charge in [0, 0.05) is 6.07 Å². The van der Waals surface area contributed by atoms with Crippen molar-refractivity contribution in [1.82, 2.24) is 5.16 Å². The van der Waals surface area contributed by atoms with Crippen molar-refractivity contribution < 1.29 is 13.7 Å². The lowest BCUT2D eigenvalue weighted by Crippen LogP contribution is -2.12. The molecule has 1 N–H and O–H groups in total. The van der Waals surface area contributed by atoms with Crippen molar-refractivity contribution in [3.05, 3.63) is 46.5 Å². The highest BCUT2D eigenvalue weighted by Gasteiger charge is 2.13. The predicted octanol–water partition coefficient (Wildman–Crippen LogP) is 2.83. The number of nitrogens with one attached hydrogen (secondary N) is 1. The SMILES string of the molecule is O=C(Nc1cccc(Br)c1F)c1ccno1. The topological polar surface area (TPSA) is 55.1 Å². The molecule has 0 spiro atoms. The number of hydrogen-bond donors (Lipinski definition) is 1. The summed E-state index contributed by atoms with van der Waals surface area (Å²) in [6.07, 6.45) is 1.34. The lowest BCUT2D eigenvalue weighted by molar-refractivity contribution is 0.0987. The molecular weight excluding hydrogens is 279 g/mol. The van der Waals surface area contributed by atoms with Crippen molar-refractivity contribution in [2.24, 2.45) is 0 Å². The van der Waals surface area contributed by atoms with Crippen LogP contribution in [0.15, 0.2) is 39.5 Å². The molecular formula is C10H6BrFN2O2. The van der Waals surface area contributed by atoms with Gasteiger partial charge in [-0.25, -0.2) is 4.39 Å². The van der Waals surface area contributed by atoms with E-state index in [1.807, 2.05) is 0 Å². The number of halogens is 2. The molecule has 0 saturated heterocycles. The molecule has 2 rings (SSSR count). The van der Waals surface area contributed by atoms with Crippen molar-refractivity contribution in [2.75, 3.05) is 5.32 Å². The van der Waals surface area contributed by atoms with E-state index in [0.717, 1.165) is 0 Å². The van der Waals surface area contributed by atoms with Crippen LogP contribution in [0, 0.1) is 5.82 Å². The van der Waals surface area contributed by atoms with E-state index in [2.05, 4.69) is 30.9 Å². The summed E-state index contributed by atoms with van der Waals surface area (Å²) in [7, 11) is 0. The van der Waals surface area contributed by atoms with Gasteiger partial charge in [-0.15, -0.1) is 0 Å². The summed E-state index contributed by atoms with van der Waals surface area (Å²) in [5.74, 6) is -1.05. The summed E-state index contributed by atoms with van der Waals surface area (Å²) < 4.78 is 18.4. The molecule has 0 atom stereocenters. The molecule has 2 aromatic rings. The summed E-state index contributed by atoms with van der Waals surface area (Å²) in [4.78, 5) is 11.5. The van der Waals surface area contributed by atoms with Crippen LogP contribution >= 0.6 is 15.9 Å². The van der Waals surface area contributed by atoms with Gasteiger partial charge in [0.2, 0.25) is 5.76 Å². The van der Waals surface area contributed by atoms with E-state index in [1.54, 1.807) is 12.1 Å². The smallest absolute Gasteiger partial charge is 0.294 e. The third-order valence-corrected chi connectivity index (χ3v) is 2.47. The summed E-state index contributed by atoms with van der Waals surface area (Å²) in [6, 6.07) is 6.00. The van der Waals surface area contributed by atoms with Gasteiger partial charge >= 0.3 is 0 Å². The minimum absolute atomic E-state index is 0.0272. The van der Waals surface area contributed by atoms with Crippen molar-refractivity contribution in [3.63, 3.8) is 0 Å². The zero-order valence-corrected chi connectivity index (χ0v) is 9.49. The lowest BCUT2D eigenvalue weighted by Gasteiger charge is -2.04. The second-order valence-electron chi connectivity index (χ2n) is 2.93. The Labute approximate surface area is 98.6 Å². The molecule has 0 aliphatic rings. The monoisotopic (exact) mass is 284 g/mol. The van der Waals surface area contributed by atoms with Crippen LogP contribution in [0.3, 0.4) is 0 Å². The summed E-state index contributed by atoms with van der Waals surface area (Å²) >= 11 is 3.02. The molecule has 1 aromatic heterocycles. The van der Waals surface area contributed by atoms with Crippen LogP contribution in [0.2, 0.25) is 0 Å². The zero-order valence-electron chi connectivity index (χ0n) is 7.91. The molecule has 1 heterocycles. The highest BCUT2D eigenvalue weighted by atomic mass is 79.9. The normalized spacial score (nSPS) is 10.1. The van der Waals surface area contributed by atoms with Crippen molar-refractivity contribution in [3.8, 4) is 0 Å². The zero-order chi connectivity index (χ0) is 11.5. The fraction of sp³-hybridized carbons (Fsp3) is 0. The number of hydrogen-bond acceptors (Lipinski definition) is 3. The summed E-state index contributed by atoms with van der Waals surface area (Å²) in [5, 5.41) is 5.76. The van der Waals surface area contributed by atoms with Gasteiger partial charge in [-0.3, -0.25) is 4.79 Å². The highest BCUT2D eigenvalue weighted by Crippen LogP contribution is 2.22. The number of benzene rings is 1. The largest absolute Gasteiger partial charge is 0.351 e. The van der Waals surface area contributed by atoms with E-state index in [0.29, 0.717) is 0 Å². The van der Waals surface area contributed by atoms with Gasteiger partial charge in [-0.1, -0.05) is 11.2 Å². The quantitative estimate of drug-likeness (QED) is 0.923. The van der Waals surface area contributed by atoms with Crippen LogP contribution < -0.4 is 5.32 Å². The molecule has 82 valence electrons. The van der Waals surface area contributed by atoms with Gasteiger partial charge in [-0.2, -0.15) is 0 Å². The van der Waals surface area contributed by atoms with Gasteiger partial charge in [0.05, 0.1) is 16.4 Å². The summed E-state index contributed by atoms with van der Waals surface area (Å²) in [5.41, 5.74) is 0.0794. The molecule has 0 unspecified atom stereocenters. The fourth-order valence-corrected chi connectivity index (χ4v) is 1.48. The molecule has 0 aliphatic carbocycles. The maximum Gasteiger partial charge on any atom is 0.294 e. The number of nitrogens with zero attached hydrogens (tertiary/aromatic N) is 1. The molecule has 0 bridgehead atoms. The van der Waals surface area contributed by atoms with Crippen LogP contribution in [0.4, 0.5) is 10.1 Å². The van der Waals surface area contributed by atoms with Crippen LogP contribution in [0.1, 0.15) is 10.6 Å². The number of rotatable bonds is 2. The Morgan fingerprint density at radius 3 is 2.94 bits per heavy atom. The molecule has 1 aromatic carbocycles. The highest BCUT2D eigenvalue weighted by molar-refractivity contribution is 9.10. The number of aromatic nitrogens is 1. The maximum atomic E-state index is 13.5. The van der Waals surface area contributed by atoms with E-state index < -0.39 is 11.7 Å². The Balaban J connectivity index is 2.22. The van der Waals surface area contributed by atoms with Gasteiger partial charge in [0.15, 0.2) is 5.82 Å². The Kier molecular flexibility index (Phi) is 3.00. The molecule has 1 amide bonds. The number of anilines is 1. The maximum absolute atomic E-state index is 13.5. The van der Waals surface area contributed by atoms with Gasteiger partial charge in [0.1, 0.15) is 0 Å². The van der Waals surface area contributed by atoms with E-state index in [9.17, 15) is 9.18 Å². The van der Waals surface area contributed by atoms with Gasteiger partial charge < -0.3 is 9.84 Å². The second kappa shape index (κ2) is 4.44. The molecule has 0 radical (unpaired) electrons. The average molecular weight is 285 g/mol. The Morgan fingerprint density at radius 1 is 1.44 bits per heavy atom. The average Bonchev–Trinajstić information content (AvgIpc) is 2.78. The van der Waals surface area contributed by atoms with Crippen LogP contribution in [0.5, 0.6) is 0 Å². The van der Waals surface area contributed by atoms with E-state index in [1.165, 1.54) is 18.3 Å². The van der Waals surface area contributed by atoms with Crippen molar-refractivity contribution >= 4 is 27.5 Å². The first kappa shape index (κ1) is 10.8. The van der Waals surface area contributed by atoms with E-state index in [-0.39, 0.29) is 15.9 Å². The van der Waals surface area contributed by atoms with Gasteiger partial charge in [-0.05, 0) is 28.1 Å². The minimum Gasteiger partial charge on any atom is -0.351 e. The Bertz CT molecular complexity index is 514. The first-order valence-corrected chi connectivity index (χ1v) is 5.14. The number of carbonyl (C=O) groups excluding carboxylic acids is 1. The van der Waals surface area contributed by atoms with E-state index in [4.69, 9.17) is 0 Å². The van der Waals surface area contributed by atoms with Crippen LogP contribution in [-0.4, -0.2) is 11.1 Å². The second-order valence-corrected chi connectivity index (χ2v) is 3.79. The Morgan fingerprint density at radius 2 is 2.25 bits per heavy atom. The number of carbonyl (C=O) groups is 1. The standard InChI is InChI=1S/C10H6BrFN2O2/c11-6-2-1-3-7(9(6)12)14-10(15)8-4-5-13-16-8/h1-5H,(H,14,15). The molecule has 4 nitrogen and oxygen atoms in total. The third-order valence-electron chi connectivity index (χ3n) is 1.86. The first-order chi connectivity index (χ1) is 7.68. The van der Waals surface area contributed by atoms with Crippen molar-refractivity contribution in [2.45, 2.75) is 0 Å². The number of amides is 1. The van der Waals surface area contributed by atoms with E-state index >= 15 is 0 Å². The third kappa shape index (κ3) is 2.11. The first-order valence-electron chi connectivity index (χ1n) is 4.34. The molecule has 0 aliphatic heterocycles. The predicted molar refractivity (Wildman–Crippen MR) is 58.6 cm³/mol.